The lowest BCUT2D eigenvalue weighted by Crippen LogP contribution is -1.77. The van der Waals surface area contributed by atoms with Crippen LogP contribution in [-0.4, -0.2) is 13.4 Å². The highest BCUT2D eigenvalue weighted by atomic mass is 127. The SMILES string of the molecule is BOBI. The van der Waals surface area contributed by atoms with Crippen LogP contribution in [0.2, 0.25) is 0 Å². The molecule has 0 aromatic rings. The molecule has 4 heavy (non-hydrogen) atoms. The van der Waals surface area contributed by atoms with Crippen molar-refractivity contribution >= 4 is 35.8 Å². The maximum atomic E-state index is 4.53. The smallest absolute Gasteiger partial charge is 0.331 e. The van der Waals surface area contributed by atoms with Crippen molar-refractivity contribution in [1.82, 2.24) is 0 Å². The zero-order chi connectivity index (χ0) is 3.41. The molecule has 0 fully saturated rings. The quantitative estimate of drug-likeness (QED) is 0.369. The molecule has 0 rings (SSSR count). The lowest BCUT2D eigenvalue weighted by atomic mass is 10.4. The molecule has 0 saturated heterocycles. The summed E-state index contributed by atoms with van der Waals surface area (Å²) in [6.07, 6.45) is 0. The molecule has 0 aliphatic carbocycles. The van der Waals surface area contributed by atoms with Crippen molar-refractivity contribution in [3.8, 4) is 0 Å². The topological polar surface area (TPSA) is 9.23 Å². The third-order valence-corrected chi connectivity index (χ3v) is 0.732. The van der Waals surface area contributed by atoms with Gasteiger partial charge < -0.3 is 4.57 Å². The predicted octanol–water partition coefficient (Wildman–Crippen LogP) is -0.747. The Labute approximate surface area is 40.7 Å². The Bertz CT molecular complexity index is 8.00. The van der Waals surface area contributed by atoms with Crippen molar-refractivity contribution in [2.45, 2.75) is 0 Å². The van der Waals surface area contributed by atoms with E-state index < -0.39 is 0 Å². The Kier molecular flexibility index (Phi) is 4.60. The lowest BCUT2D eigenvalue weighted by molar-refractivity contribution is 0.687. The molecule has 0 saturated carbocycles. The Morgan fingerprint density at radius 3 is 2.25 bits per heavy atom. The van der Waals surface area contributed by atoms with Crippen molar-refractivity contribution in [1.29, 1.82) is 0 Å². The molecule has 0 aliphatic heterocycles. The monoisotopic (exact) mass is 168 g/mol. The van der Waals surface area contributed by atoms with E-state index in [4.69, 9.17) is 0 Å². The number of halogens is 1. The molecule has 0 spiro atoms. The summed E-state index contributed by atoms with van der Waals surface area (Å²) in [7, 11) is 1.67. The second kappa shape index (κ2) is 3.82. The van der Waals surface area contributed by atoms with E-state index in [1.165, 1.54) is 0 Å². The Morgan fingerprint density at radius 2 is 2.25 bits per heavy atom. The lowest BCUT2D eigenvalue weighted by Gasteiger charge is -1.71. The summed E-state index contributed by atoms with van der Waals surface area (Å²) in [5.74, 6) is 0. The molecule has 0 aromatic carbocycles. The highest BCUT2D eigenvalue weighted by Crippen LogP contribution is 1.68. The van der Waals surface area contributed by atoms with Crippen LogP contribution in [0.1, 0.15) is 0 Å². The van der Waals surface area contributed by atoms with Crippen molar-refractivity contribution in [2.75, 3.05) is 0 Å². The Balaban J connectivity index is 1.97. The van der Waals surface area contributed by atoms with E-state index in [1.54, 1.807) is 8.05 Å². The van der Waals surface area contributed by atoms with Crippen molar-refractivity contribution in [2.24, 2.45) is 0 Å². The standard InChI is InChI=1S/B2H3IO/c1-4-2-3/h2H,1H2. The van der Waals surface area contributed by atoms with E-state index in [-0.39, 0.29) is 0 Å². The Hall–Kier alpha value is 0.820. The van der Waals surface area contributed by atoms with Gasteiger partial charge in [0.2, 0.25) is 8.05 Å². The highest BCUT2D eigenvalue weighted by Gasteiger charge is 1.62. The van der Waals surface area contributed by atoms with E-state index in [2.05, 4.69) is 26.9 Å². The van der Waals surface area contributed by atoms with Gasteiger partial charge in [-0.05, 0) is 0 Å². The summed E-state index contributed by atoms with van der Waals surface area (Å²) in [6, 6.07) is 0. The van der Waals surface area contributed by atoms with E-state index in [0.717, 1.165) is 5.34 Å². The van der Waals surface area contributed by atoms with Crippen LogP contribution in [0.25, 0.3) is 0 Å². The summed E-state index contributed by atoms with van der Waals surface area (Å²) >= 11 is 2.13. The third-order valence-electron chi connectivity index (χ3n) is 0.109. The van der Waals surface area contributed by atoms with Crippen LogP contribution in [0.15, 0.2) is 0 Å². The maximum absolute atomic E-state index is 4.53. The first kappa shape index (κ1) is 4.82. The fourth-order valence-electron chi connectivity index (χ4n) is 0. The van der Waals surface area contributed by atoms with Gasteiger partial charge in [0.05, 0.1) is 0 Å². The van der Waals surface area contributed by atoms with Gasteiger partial charge in [0.25, 0.3) is 0 Å². The van der Waals surface area contributed by atoms with Crippen LogP contribution in [0.4, 0.5) is 0 Å². The number of hydrogen-bond acceptors (Lipinski definition) is 1. The summed E-state index contributed by atoms with van der Waals surface area (Å²) in [5.41, 5.74) is 0. The highest BCUT2D eigenvalue weighted by molar-refractivity contribution is 14.1. The largest absolute Gasteiger partial charge is 0.498 e. The third kappa shape index (κ3) is 2.82. The molecule has 0 bridgehead atoms. The predicted molar refractivity (Wildman–Crippen MR) is 30.8 cm³/mol. The summed E-state index contributed by atoms with van der Waals surface area (Å²) in [6.45, 7) is 0. The van der Waals surface area contributed by atoms with Gasteiger partial charge in [-0.2, -0.15) is 0 Å². The average molecular weight is 168 g/mol. The summed E-state index contributed by atoms with van der Waals surface area (Å²) < 4.78 is 4.53. The van der Waals surface area contributed by atoms with Crippen LogP contribution in [-0.2, 0) is 4.57 Å². The fourth-order valence-corrected chi connectivity index (χ4v) is 0. The van der Waals surface area contributed by atoms with Crippen molar-refractivity contribution in [3.05, 3.63) is 0 Å². The number of rotatable bonds is 1. The van der Waals surface area contributed by atoms with Gasteiger partial charge in [0, 0.05) is 0 Å². The minimum atomic E-state index is 0.789. The van der Waals surface area contributed by atoms with Gasteiger partial charge in [-0.25, -0.2) is 0 Å². The van der Waals surface area contributed by atoms with Gasteiger partial charge in [-0.1, -0.05) is 0 Å². The molecule has 0 amide bonds. The second-order valence-corrected chi connectivity index (χ2v) is 1.02. The molecule has 0 N–H and O–H groups in total. The fraction of sp³-hybridized carbons (Fsp3) is 0. The zero-order valence-electron chi connectivity index (χ0n) is 2.49. The first-order valence-electron chi connectivity index (χ1n) is 0.964. The molecule has 0 heterocycles. The summed E-state index contributed by atoms with van der Waals surface area (Å²) in [4.78, 5) is 0. The second-order valence-electron chi connectivity index (χ2n) is 0.398. The van der Waals surface area contributed by atoms with Gasteiger partial charge in [0.1, 0.15) is 0 Å². The van der Waals surface area contributed by atoms with E-state index in [0.29, 0.717) is 0 Å². The van der Waals surface area contributed by atoms with Crippen molar-refractivity contribution < 1.29 is 4.57 Å². The minimum Gasteiger partial charge on any atom is -0.498 e. The van der Waals surface area contributed by atoms with Crippen molar-refractivity contribution in [3.63, 3.8) is 0 Å². The molecule has 4 heteroatoms. The van der Waals surface area contributed by atoms with Crippen LogP contribution in [0.5, 0.6) is 0 Å². The average Bonchev–Trinajstić information content (AvgIpc) is 1.37. The van der Waals surface area contributed by atoms with Crippen LogP contribution >= 0.6 is 22.4 Å². The maximum Gasteiger partial charge on any atom is 0.331 e. The normalized spacial score (nSPS) is 6.25. The molecule has 1 nitrogen and oxygen atoms in total. The van der Waals surface area contributed by atoms with E-state index in [1.807, 2.05) is 0 Å². The van der Waals surface area contributed by atoms with E-state index >= 15 is 0 Å². The van der Waals surface area contributed by atoms with Gasteiger partial charge in [-0.3, -0.25) is 0 Å². The molecule has 0 unspecified atom stereocenters. The summed E-state index contributed by atoms with van der Waals surface area (Å²) in [5, 5.41) is 0.789. The zero-order valence-corrected chi connectivity index (χ0v) is 4.65. The molecular weight excluding hydrogens is 165 g/mol. The Morgan fingerprint density at radius 1 is 2.00 bits per heavy atom. The molecule has 0 aromatic heterocycles. The molecule has 0 aliphatic rings. The van der Waals surface area contributed by atoms with Gasteiger partial charge >= 0.3 is 5.34 Å². The van der Waals surface area contributed by atoms with Crippen LogP contribution in [0.3, 0.4) is 0 Å². The van der Waals surface area contributed by atoms with Crippen LogP contribution < -0.4 is 0 Å². The first-order chi connectivity index (χ1) is 1.91. The van der Waals surface area contributed by atoms with Gasteiger partial charge in [-0.15, -0.1) is 22.4 Å². The molecule has 0 atom stereocenters. The van der Waals surface area contributed by atoms with E-state index in [9.17, 15) is 0 Å². The molecule has 0 radical (unpaired) electrons. The molecular formula is H3B2IO. The molecule has 22 valence electrons. The number of hydrogen-bond donors (Lipinski definition) is 0. The van der Waals surface area contributed by atoms with Gasteiger partial charge in [0.15, 0.2) is 0 Å². The minimum absolute atomic E-state index is 0.789. The van der Waals surface area contributed by atoms with Crippen LogP contribution in [0, 0.1) is 0 Å². The first-order valence-corrected chi connectivity index (χ1v) is 2.49.